The molecule has 0 aliphatic heterocycles. The number of ether oxygens (including phenoxy) is 2. The average molecular weight is 533 g/mol. The Balaban J connectivity index is 1.66. The number of nitrogens with zero attached hydrogens (tertiary/aromatic N) is 2. The van der Waals surface area contributed by atoms with Crippen LogP contribution >= 0.6 is 11.6 Å². The molecule has 3 aromatic rings. The molecule has 0 heterocycles. The maximum absolute atomic E-state index is 12.8. The maximum atomic E-state index is 12.8. The summed E-state index contributed by atoms with van der Waals surface area (Å²) in [5.41, 5.74) is 4.77. The number of carbonyl (C=O) groups is 2. The minimum atomic E-state index is -0.818. The van der Waals surface area contributed by atoms with Crippen LogP contribution in [-0.4, -0.2) is 30.7 Å². The summed E-state index contributed by atoms with van der Waals surface area (Å²) in [4.78, 5) is 25.4. The second-order valence-corrected chi connectivity index (χ2v) is 9.01. The Morgan fingerprint density at radius 3 is 2.50 bits per heavy atom. The van der Waals surface area contributed by atoms with Crippen LogP contribution in [-0.2, 0) is 11.4 Å². The fourth-order valence-electron chi connectivity index (χ4n) is 3.54. The van der Waals surface area contributed by atoms with Gasteiger partial charge >= 0.3 is 0 Å². The lowest BCUT2D eigenvalue weighted by Gasteiger charge is -2.20. The molecule has 0 aliphatic rings. The van der Waals surface area contributed by atoms with Crippen molar-refractivity contribution in [2.45, 2.75) is 33.4 Å². The number of hydrazone groups is 1. The molecule has 2 amide bonds. The van der Waals surface area contributed by atoms with Gasteiger partial charge in [-0.3, -0.25) is 9.59 Å². The molecule has 196 valence electrons. The number of halogens is 1. The summed E-state index contributed by atoms with van der Waals surface area (Å²) < 4.78 is 11.6. The molecular weight excluding hydrogens is 504 g/mol. The summed E-state index contributed by atoms with van der Waals surface area (Å²) in [6.07, 6.45) is 1.47. The van der Waals surface area contributed by atoms with E-state index >= 15 is 0 Å². The first-order valence-electron chi connectivity index (χ1n) is 12.1. The Bertz CT molecular complexity index is 1350. The van der Waals surface area contributed by atoms with Gasteiger partial charge in [0.2, 0.25) is 0 Å². The second kappa shape index (κ2) is 13.8. The highest BCUT2D eigenvalue weighted by Gasteiger charge is 2.25. The van der Waals surface area contributed by atoms with Gasteiger partial charge < -0.3 is 14.8 Å². The minimum absolute atomic E-state index is 0.191. The fraction of sp³-hybridized carbons (Fsp3) is 0.241. The van der Waals surface area contributed by atoms with Crippen LogP contribution in [0.5, 0.6) is 11.5 Å². The SMILES string of the molecule is CCOc1cc(/C=N/NC(=O)C(NC(=O)c2ccccc2Cl)C(C)C)ccc1OCc1ccccc1C#N. The third-order valence-corrected chi connectivity index (χ3v) is 5.86. The molecule has 0 saturated heterocycles. The van der Waals surface area contributed by atoms with Gasteiger partial charge in [-0.2, -0.15) is 10.4 Å². The highest BCUT2D eigenvalue weighted by Crippen LogP contribution is 2.29. The van der Waals surface area contributed by atoms with Crippen LogP contribution in [0.3, 0.4) is 0 Å². The van der Waals surface area contributed by atoms with Crippen molar-refractivity contribution in [3.63, 3.8) is 0 Å². The standard InChI is InChI=1S/C29H29ClN4O4/c1-4-37-26-15-20(13-14-25(26)38-18-22-10-6-5-9-21(22)16-31)17-32-34-29(36)27(19(2)3)33-28(35)23-11-7-8-12-24(23)30/h5-15,17,19,27H,4,18H2,1-3H3,(H,33,35)(H,34,36)/b32-17+. The number of carbonyl (C=O) groups excluding carboxylic acids is 2. The van der Waals surface area contributed by atoms with Gasteiger partial charge in [0.05, 0.1) is 35.0 Å². The number of benzene rings is 3. The molecule has 38 heavy (non-hydrogen) atoms. The van der Waals surface area contributed by atoms with Gasteiger partial charge in [-0.1, -0.05) is 55.8 Å². The van der Waals surface area contributed by atoms with Crippen molar-refractivity contribution < 1.29 is 19.1 Å². The molecule has 9 heteroatoms. The van der Waals surface area contributed by atoms with Gasteiger partial charge in [-0.05, 0) is 54.8 Å². The average Bonchev–Trinajstić information content (AvgIpc) is 2.91. The second-order valence-electron chi connectivity index (χ2n) is 8.61. The van der Waals surface area contributed by atoms with E-state index in [-0.39, 0.29) is 18.1 Å². The first kappa shape index (κ1) is 28.2. The van der Waals surface area contributed by atoms with Crippen LogP contribution in [0.25, 0.3) is 0 Å². The number of amides is 2. The van der Waals surface area contributed by atoms with Crippen LogP contribution in [0.15, 0.2) is 71.8 Å². The van der Waals surface area contributed by atoms with Crippen molar-refractivity contribution in [1.82, 2.24) is 10.7 Å². The monoisotopic (exact) mass is 532 g/mol. The summed E-state index contributed by atoms with van der Waals surface area (Å²) in [5.74, 6) is -0.0726. The molecule has 0 aromatic heterocycles. The van der Waals surface area contributed by atoms with E-state index in [4.69, 9.17) is 21.1 Å². The molecule has 2 N–H and O–H groups in total. The molecule has 0 spiro atoms. The third kappa shape index (κ3) is 7.58. The molecule has 3 rings (SSSR count). The lowest BCUT2D eigenvalue weighted by Crippen LogP contribution is -2.48. The Morgan fingerprint density at radius 2 is 1.79 bits per heavy atom. The Kier molecular flexibility index (Phi) is 10.3. The van der Waals surface area contributed by atoms with Crippen LogP contribution < -0.4 is 20.2 Å². The van der Waals surface area contributed by atoms with E-state index in [1.807, 2.05) is 32.9 Å². The first-order chi connectivity index (χ1) is 18.3. The van der Waals surface area contributed by atoms with Gasteiger partial charge in [0.25, 0.3) is 11.8 Å². The van der Waals surface area contributed by atoms with E-state index in [0.29, 0.717) is 34.3 Å². The van der Waals surface area contributed by atoms with Crippen LogP contribution in [0.1, 0.15) is 47.8 Å². The lowest BCUT2D eigenvalue weighted by molar-refractivity contribution is -0.123. The molecular formula is C29H29ClN4O4. The first-order valence-corrected chi connectivity index (χ1v) is 12.5. The summed E-state index contributed by atoms with van der Waals surface area (Å²) >= 11 is 6.11. The molecule has 0 aliphatic carbocycles. The molecule has 1 atom stereocenters. The fourth-order valence-corrected chi connectivity index (χ4v) is 3.76. The quantitative estimate of drug-likeness (QED) is 0.264. The van der Waals surface area contributed by atoms with Crippen LogP contribution in [0, 0.1) is 17.2 Å². The molecule has 8 nitrogen and oxygen atoms in total. The highest BCUT2D eigenvalue weighted by molar-refractivity contribution is 6.33. The van der Waals surface area contributed by atoms with Crippen LogP contribution in [0.2, 0.25) is 5.02 Å². The van der Waals surface area contributed by atoms with Gasteiger partial charge in [0, 0.05) is 5.56 Å². The minimum Gasteiger partial charge on any atom is -0.490 e. The molecule has 0 bridgehead atoms. The van der Waals surface area contributed by atoms with Gasteiger partial charge in [0.1, 0.15) is 12.6 Å². The van der Waals surface area contributed by atoms with E-state index in [0.717, 1.165) is 5.56 Å². The predicted molar refractivity (Wildman–Crippen MR) is 146 cm³/mol. The topological polar surface area (TPSA) is 113 Å². The largest absolute Gasteiger partial charge is 0.490 e. The van der Waals surface area contributed by atoms with E-state index in [9.17, 15) is 14.9 Å². The number of nitriles is 1. The maximum Gasteiger partial charge on any atom is 0.262 e. The normalized spacial score (nSPS) is 11.6. The molecule has 0 saturated carbocycles. The third-order valence-electron chi connectivity index (χ3n) is 5.53. The molecule has 1 unspecified atom stereocenters. The number of rotatable bonds is 11. The Morgan fingerprint density at radius 1 is 1.05 bits per heavy atom. The van der Waals surface area contributed by atoms with Crippen molar-refractivity contribution in [3.8, 4) is 17.6 Å². The van der Waals surface area contributed by atoms with E-state index < -0.39 is 17.9 Å². The van der Waals surface area contributed by atoms with Crippen LogP contribution in [0.4, 0.5) is 0 Å². The zero-order valence-electron chi connectivity index (χ0n) is 21.4. The van der Waals surface area contributed by atoms with Crippen molar-refractivity contribution in [2.75, 3.05) is 6.61 Å². The van der Waals surface area contributed by atoms with E-state index in [1.165, 1.54) is 6.21 Å². The molecule has 0 fully saturated rings. The smallest absolute Gasteiger partial charge is 0.262 e. The summed E-state index contributed by atoms with van der Waals surface area (Å²) in [6, 6.07) is 20.4. The van der Waals surface area contributed by atoms with Crippen molar-refractivity contribution in [3.05, 3.63) is 94.0 Å². The van der Waals surface area contributed by atoms with E-state index in [2.05, 4.69) is 21.9 Å². The molecule has 0 radical (unpaired) electrons. The number of hydrogen-bond donors (Lipinski definition) is 2. The van der Waals surface area contributed by atoms with Gasteiger partial charge in [-0.15, -0.1) is 0 Å². The number of nitrogens with one attached hydrogen (secondary N) is 2. The highest BCUT2D eigenvalue weighted by atomic mass is 35.5. The molecule has 3 aromatic carbocycles. The Labute approximate surface area is 227 Å². The van der Waals surface area contributed by atoms with E-state index in [1.54, 1.807) is 54.6 Å². The predicted octanol–water partition coefficient (Wildman–Crippen LogP) is 5.09. The van der Waals surface area contributed by atoms with Gasteiger partial charge in [-0.25, -0.2) is 5.43 Å². The summed E-state index contributed by atoms with van der Waals surface area (Å²) in [6.45, 7) is 6.14. The number of hydrogen-bond acceptors (Lipinski definition) is 6. The summed E-state index contributed by atoms with van der Waals surface area (Å²) in [7, 11) is 0. The summed E-state index contributed by atoms with van der Waals surface area (Å²) in [5, 5.41) is 16.4. The van der Waals surface area contributed by atoms with Crippen molar-refractivity contribution in [1.29, 1.82) is 5.26 Å². The van der Waals surface area contributed by atoms with Crippen molar-refractivity contribution >= 4 is 29.6 Å². The van der Waals surface area contributed by atoms with Gasteiger partial charge in [0.15, 0.2) is 11.5 Å². The van der Waals surface area contributed by atoms with Crippen molar-refractivity contribution in [2.24, 2.45) is 11.0 Å². The lowest BCUT2D eigenvalue weighted by atomic mass is 10.0. The zero-order valence-corrected chi connectivity index (χ0v) is 22.2. The zero-order chi connectivity index (χ0) is 27.5. The Hall–Kier alpha value is -4.35.